The van der Waals surface area contributed by atoms with Crippen molar-refractivity contribution in [2.75, 3.05) is 12.8 Å². The second-order valence-corrected chi connectivity index (χ2v) is 6.20. The molecule has 1 aliphatic rings. The Labute approximate surface area is 98.5 Å². The van der Waals surface area contributed by atoms with Gasteiger partial charge in [0.1, 0.15) is 0 Å². The third-order valence-electron chi connectivity index (χ3n) is 2.79. The lowest BCUT2D eigenvalue weighted by atomic mass is 9.92. The van der Waals surface area contributed by atoms with Gasteiger partial charge in [0.05, 0.1) is 6.26 Å². The molecule has 0 heterocycles. The van der Waals surface area contributed by atoms with Gasteiger partial charge in [0, 0.05) is 12.1 Å². The number of halogens is 1. The Morgan fingerprint density at radius 3 is 2.07 bits per heavy atom. The van der Waals surface area contributed by atoms with Gasteiger partial charge in [-0.15, -0.1) is 12.4 Å². The first kappa shape index (κ1) is 15.2. The molecule has 0 atom stereocenters. The first-order valence-electron chi connectivity index (χ1n) is 5.15. The van der Waals surface area contributed by atoms with E-state index in [2.05, 4.69) is 4.72 Å². The topological polar surface area (TPSA) is 72.2 Å². The van der Waals surface area contributed by atoms with Crippen molar-refractivity contribution in [1.29, 1.82) is 0 Å². The zero-order chi connectivity index (χ0) is 10.7. The summed E-state index contributed by atoms with van der Waals surface area (Å²) < 4.78 is 24.4. The molecule has 0 aromatic rings. The summed E-state index contributed by atoms with van der Waals surface area (Å²) in [6.45, 7) is 0.381. The van der Waals surface area contributed by atoms with E-state index in [9.17, 15) is 8.42 Å². The SMILES string of the molecule is CS(=O)(=O)NCC1(N)CCCCCC1.Cl. The number of nitrogens with one attached hydrogen (secondary N) is 1. The molecule has 0 unspecified atom stereocenters. The molecular formula is C9H21ClN2O2S. The van der Waals surface area contributed by atoms with Crippen molar-refractivity contribution in [3.63, 3.8) is 0 Å². The summed E-state index contributed by atoms with van der Waals surface area (Å²) >= 11 is 0. The van der Waals surface area contributed by atoms with E-state index in [4.69, 9.17) is 5.73 Å². The molecule has 1 saturated carbocycles. The third kappa shape index (κ3) is 6.35. The van der Waals surface area contributed by atoms with Gasteiger partial charge in [0.2, 0.25) is 10.0 Å². The molecule has 1 aliphatic carbocycles. The van der Waals surface area contributed by atoms with Gasteiger partial charge in [-0.25, -0.2) is 13.1 Å². The zero-order valence-corrected chi connectivity index (χ0v) is 10.8. The van der Waals surface area contributed by atoms with Gasteiger partial charge in [-0.05, 0) is 12.8 Å². The standard InChI is InChI=1S/C9H20N2O2S.ClH/c1-14(12,13)11-8-9(10)6-4-2-3-5-7-9;/h11H,2-8,10H2,1H3;1H. The highest BCUT2D eigenvalue weighted by molar-refractivity contribution is 7.88. The molecule has 0 aliphatic heterocycles. The van der Waals surface area contributed by atoms with Crippen molar-refractivity contribution < 1.29 is 8.42 Å². The largest absolute Gasteiger partial charge is 0.324 e. The van der Waals surface area contributed by atoms with Gasteiger partial charge in [-0.1, -0.05) is 25.7 Å². The molecule has 0 amide bonds. The molecule has 0 aromatic carbocycles. The van der Waals surface area contributed by atoms with E-state index in [0.717, 1.165) is 25.7 Å². The van der Waals surface area contributed by atoms with Gasteiger partial charge in [0.25, 0.3) is 0 Å². The van der Waals surface area contributed by atoms with E-state index in [0.29, 0.717) is 6.54 Å². The normalized spacial score (nSPS) is 21.5. The van der Waals surface area contributed by atoms with Gasteiger partial charge in [0.15, 0.2) is 0 Å². The van der Waals surface area contributed by atoms with Crippen LogP contribution in [0.25, 0.3) is 0 Å². The average molecular weight is 257 g/mol. The molecule has 0 saturated heterocycles. The minimum atomic E-state index is -3.10. The second-order valence-electron chi connectivity index (χ2n) is 4.37. The van der Waals surface area contributed by atoms with Crippen LogP contribution in [0.3, 0.4) is 0 Å². The smallest absolute Gasteiger partial charge is 0.208 e. The fourth-order valence-electron chi connectivity index (χ4n) is 1.88. The Morgan fingerprint density at radius 1 is 1.20 bits per heavy atom. The summed E-state index contributed by atoms with van der Waals surface area (Å²) in [5.74, 6) is 0. The quantitative estimate of drug-likeness (QED) is 0.741. The van der Waals surface area contributed by atoms with Crippen LogP contribution in [0.2, 0.25) is 0 Å². The van der Waals surface area contributed by atoms with Gasteiger partial charge in [-0.2, -0.15) is 0 Å². The summed E-state index contributed by atoms with van der Waals surface area (Å²) in [6.07, 6.45) is 7.69. The van der Waals surface area contributed by atoms with Crippen molar-refractivity contribution >= 4 is 22.4 Å². The number of hydrogen-bond donors (Lipinski definition) is 2. The Balaban J connectivity index is 0.00000196. The predicted octanol–water partition coefficient (Wildman–Crippen LogP) is 1.01. The molecule has 1 fully saturated rings. The maximum atomic E-state index is 10.9. The van der Waals surface area contributed by atoms with E-state index in [1.807, 2.05) is 0 Å². The fraction of sp³-hybridized carbons (Fsp3) is 1.00. The van der Waals surface area contributed by atoms with Crippen LogP contribution >= 0.6 is 12.4 Å². The minimum absolute atomic E-state index is 0. The van der Waals surface area contributed by atoms with Crippen molar-refractivity contribution in [2.45, 2.75) is 44.1 Å². The van der Waals surface area contributed by atoms with Crippen LogP contribution in [0.4, 0.5) is 0 Å². The Kier molecular flexibility index (Phi) is 6.10. The summed E-state index contributed by atoms with van der Waals surface area (Å²) in [5.41, 5.74) is 5.82. The van der Waals surface area contributed by atoms with Crippen molar-refractivity contribution in [1.82, 2.24) is 4.72 Å². The van der Waals surface area contributed by atoms with E-state index in [1.165, 1.54) is 19.1 Å². The lowest BCUT2D eigenvalue weighted by molar-refractivity contribution is 0.369. The van der Waals surface area contributed by atoms with Crippen LogP contribution < -0.4 is 10.5 Å². The monoisotopic (exact) mass is 256 g/mol. The van der Waals surface area contributed by atoms with Crippen LogP contribution in [0.15, 0.2) is 0 Å². The summed E-state index contributed by atoms with van der Waals surface area (Å²) in [6, 6.07) is 0. The maximum Gasteiger partial charge on any atom is 0.208 e. The highest BCUT2D eigenvalue weighted by Gasteiger charge is 2.26. The Morgan fingerprint density at radius 2 is 1.67 bits per heavy atom. The van der Waals surface area contributed by atoms with E-state index in [-0.39, 0.29) is 17.9 Å². The van der Waals surface area contributed by atoms with Gasteiger partial charge in [-0.3, -0.25) is 0 Å². The van der Waals surface area contributed by atoms with Crippen molar-refractivity contribution in [3.8, 4) is 0 Å². The highest BCUT2D eigenvalue weighted by Crippen LogP contribution is 2.24. The Bertz CT molecular complexity index is 272. The van der Waals surface area contributed by atoms with Crippen LogP contribution in [0.1, 0.15) is 38.5 Å². The van der Waals surface area contributed by atoms with Crippen molar-refractivity contribution in [3.05, 3.63) is 0 Å². The number of rotatable bonds is 3. The molecule has 0 radical (unpaired) electrons. The highest BCUT2D eigenvalue weighted by atomic mass is 35.5. The summed E-state index contributed by atoms with van der Waals surface area (Å²) in [7, 11) is -3.10. The molecule has 0 bridgehead atoms. The lowest BCUT2D eigenvalue weighted by Crippen LogP contribution is -2.49. The second kappa shape index (κ2) is 6.03. The van der Waals surface area contributed by atoms with Gasteiger partial charge >= 0.3 is 0 Å². The first-order chi connectivity index (χ1) is 6.41. The van der Waals surface area contributed by atoms with E-state index in [1.54, 1.807) is 0 Å². The predicted molar refractivity (Wildman–Crippen MR) is 64.7 cm³/mol. The average Bonchev–Trinajstić information content (AvgIpc) is 2.27. The van der Waals surface area contributed by atoms with Gasteiger partial charge < -0.3 is 5.73 Å². The Hall–Kier alpha value is 0.160. The first-order valence-corrected chi connectivity index (χ1v) is 7.04. The minimum Gasteiger partial charge on any atom is -0.324 e. The molecular weight excluding hydrogens is 236 g/mol. The zero-order valence-electron chi connectivity index (χ0n) is 9.16. The van der Waals surface area contributed by atoms with E-state index < -0.39 is 10.0 Å². The van der Waals surface area contributed by atoms with Crippen LogP contribution in [-0.4, -0.2) is 26.8 Å². The summed E-state index contributed by atoms with van der Waals surface area (Å²) in [5, 5.41) is 0. The molecule has 0 aromatic heterocycles. The number of nitrogens with two attached hydrogens (primary N) is 1. The molecule has 4 nitrogen and oxygen atoms in total. The van der Waals surface area contributed by atoms with Crippen LogP contribution in [0.5, 0.6) is 0 Å². The molecule has 3 N–H and O–H groups in total. The molecule has 6 heteroatoms. The van der Waals surface area contributed by atoms with E-state index >= 15 is 0 Å². The lowest BCUT2D eigenvalue weighted by Gasteiger charge is -2.27. The molecule has 0 spiro atoms. The molecule has 1 rings (SSSR count). The van der Waals surface area contributed by atoms with Crippen molar-refractivity contribution in [2.24, 2.45) is 5.73 Å². The van der Waals surface area contributed by atoms with Crippen LogP contribution in [-0.2, 0) is 10.0 Å². The van der Waals surface area contributed by atoms with Crippen LogP contribution in [0, 0.1) is 0 Å². The molecule has 15 heavy (non-hydrogen) atoms. The number of hydrogen-bond acceptors (Lipinski definition) is 3. The summed E-state index contributed by atoms with van der Waals surface area (Å²) in [4.78, 5) is 0. The number of sulfonamides is 1. The molecule has 92 valence electrons. The maximum absolute atomic E-state index is 10.9. The third-order valence-corrected chi connectivity index (χ3v) is 3.45. The fourth-order valence-corrected chi connectivity index (χ4v) is 2.43.